The Morgan fingerprint density at radius 3 is 2.66 bits per heavy atom. The van der Waals surface area contributed by atoms with Crippen molar-refractivity contribution in [2.24, 2.45) is 4.99 Å². The summed E-state index contributed by atoms with van der Waals surface area (Å²) in [5.41, 5.74) is 2.80. The van der Waals surface area contributed by atoms with E-state index >= 15 is 0 Å². The highest BCUT2D eigenvalue weighted by Gasteiger charge is 2.06. The minimum Gasteiger partial charge on any atom is -0.487 e. The molecular weight excluding hydrogens is 423 g/mol. The number of aromatic nitrogens is 1. The third-order valence-electron chi connectivity index (χ3n) is 4.13. The van der Waals surface area contributed by atoms with Crippen LogP contribution in [0.3, 0.4) is 0 Å². The van der Waals surface area contributed by atoms with Gasteiger partial charge in [0.15, 0.2) is 0 Å². The van der Waals surface area contributed by atoms with Crippen molar-refractivity contribution < 1.29 is 4.74 Å². The molecule has 0 saturated carbocycles. The molecule has 144 valence electrons. The molecule has 0 aliphatic heterocycles. The molecule has 2 aromatic heterocycles. The summed E-state index contributed by atoms with van der Waals surface area (Å²) in [6.07, 6.45) is 5.39. The van der Waals surface area contributed by atoms with Gasteiger partial charge in [-0.25, -0.2) is 0 Å². The quantitative estimate of drug-likeness (QED) is 0.293. The van der Waals surface area contributed by atoms with Crippen LogP contribution in [0.4, 0.5) is 5.69 Å². The van der Waals surface area contributed by atoms with Gasteiger partial charge in [-0.05, 0) is 42.5 Å². The molecule has 3 nitrogen and oxygen atoms in total. The van der Waals surface area contributed by atoms with Crippen LogP contribution in [-0.2, 0) is 6.61 Å². The molecule has 4 rings (SSSR count). The van der Waals surface area contributed by atoms with Gasteiger partial charge >= 0.3 is 0 Å². The summed E-state index contributed by atoms with van der Waals surface area (Å²) in [5, 5.41) is 1.19. The maximum Gasteiger partial charge on any atom is 0.138 e. The van der Waals surface area contributed by atoms with E-state index in [1.54, 1.807) is 29.7 Å². The van der Waals surface area contributed by atoms with Crippen molar-refractivity contribution in [1.29, 1.82) is 0 Å². The molecule has 0 bridgehead atoms. The van der Waals surface area contributed by atoms with E-state index in [1.165, 1.54) is 0 Å². The first-order chi connectivity index (χ1) is 14.2. The van der Waals surface area contributed by atoms with Crippen molar-refractivity contribution in [3.05, 3.63) is 99.6 Å². The number of ether oxygens (including phenoxy) is 1. The van der Waals surface area contributed by atoms with Gasteiger partial charge in [-0.2, -0.15) is 0 Å². The Labute approximate surface area is 183 Å². The zero-order chi connectivity index (χ0) is 20.1. The summed E-state index contributed by atoms with van der Waals surface area (Å²) in [6.45, 7) is 0.348. The first-order valence-corrected chi connectivity index (χ1v) is 10.5. The zero-order valence-electron chi connectivity index (χ0n) is 15.3. The Kier molecular flexibility index (Phi) is 6.25. The fourth-order valence-corrected chi connectivity index (χ4v) is 3.99. The van der Waals surface area contributed by atoms with Gasteiger partial charge < -0.3 is 4.74 Å². The number of pyridine rings is 1. The molecule has 0 N–H and O–H groups in total. The number of halogens is 2. The molecule has 4 aromatic rings. The van der Waals surface area contributed by atoms with Crippen LogP contribution in [0.15, 0.2) is 84.1 Å². The Morgan fingerprint density at radius 1 is 0.966 bits per heavy atom. The van der Waals surface area contributed by atoms with Crippen LogP contribution in [0.5, 0.6) is 5.75 Å². The smallest absolute Gasteiger partial charge is 0.138 e. The van der Waals surface area contributed by atoms with E-state index in [0.717, 1.165) is 26.6 Å². The fraction of sp³-hybridized carbons (Fsp3) is 0.0435. The molecule has 0 unspecified atom stereocenters. The van der Waals surface area contributed by atoms with Crippen LogP contribution in [-0.4, -0.2) is 11.2 Å². The molecule has 29 heavy (non-hydrogen) atoms. The van der Waals surface area contributed by atoms with Crippen molar-refractivity contribution in [3.8, 4) is 16.2 Å². The Morgan fingerprint density at radius 2 is 1.83 bits per heavy atom. The highest BCUT2D eigenvalue weighted by molar-refractivity contribution is 7.17. The molecule has 0 spiro atoms. The Balaban J connectivity index is 1.46. The molecule has 0 amide bonds. The lowest BCUT2D eigenvalue weighted by molar-refractivity contribution is 0.305. The summed E-state index contributed by atoms with van der Waals surface area (Å²) in [4.78, 5) is 11.0. The van der Waals surface area contributed by atoms with Gasteiger partial charge in [0.2, 0.25) is 0 Å². The normalized spacial score (nSPS) is 11.1. The molecule has 0 atom stereocenters. The minimum absolute atomic E-state index is 0.348. The van der Waals surface area contributed by atoms with Crippen LogP contribution >= 0.6 is 34.5 Å². The van der Waals surface area contributed by atoms with E-state index < -0.39 is 0 Å². The predicted molar refractivity (Wildman–Crippen MR) is 122 cm³/mol. The number of rotatable bonds is 6. The molecule has 2 heterocycles. The second kappa shape index (κ2) is 9.23. The monoisotopic (exact) mass is 438 g/mol. The average molecular weight is 439 g/mol. The minimum atomic E-state index is 0.348. The fourth-order valence-electron chi connectivity index (χ4n) is 2.66. The second-order valence-electron chi connectivity index (χ2n) is 6.23. The molecule has 2 aromatic carbocycles. The molecule has 0 saturated heterocycles. The largest absolute Gasteiger partial charge is 0.487 e. The number of hydrogen-bond acceptors (Lipinski definition) is 4. The molecule has 0 aliphatic carbocycles. The number of benzene rings is 2. The average Bonchev–Trinajstić information content (AvgIpc) is 3.22. The van der Waals surface area contributed by atoms with E-state index in [0.29, 0.717) is 22.4 Å². The van der Waals surface area contributed by atoms with Gasteiger partial charge in [0.05, 0.1) is 11.9 Å². The van der Waals surface area contributed by atoms with Crippen molar-refractivity contribution in [1.82, 2.24) is 4.98 Å². The summed E-state index contributed by atoms with van der Waals surface area (Å²) >= 11 is 13.8. The highest BCUT2D eigenvalue weighted by atomic mass is 35.5. The lowest BCUT2D eigenvalue weighted by Crippen LogP contribution is -1.97. The van der Waals surface area contributed by atoms with Crippen LogP contribution in [0, 0.1) is 0 Å². The first-order valence-electron chi connectivity index (χ1n) is 8.88. The van der Waals surface area contributed by atoms with Crippen molar-refractivity contribution in [2.75, 3.05) is 0 Å². The first kappa shape index (κ1) is 19.6. The van der Waals surface area contributed by atoms with E-state index in [-0.39, 0.29) is 0 Å². The molecular formula is C23H16Cl2N2OS. The molecule has 0 aliphatic rings. The Bertz CT molecular complexity index is 1140. The standard InChI is InChI=1S/C23H16Cl2N2OS/c24-18-7-6-16(22(25)11-18)15-28-20-10-17(12-26-13-20)23-9-8-21(29-23)14-27-19-4-2-1-3-5-19/h1-14H,15H2. The van der Waals surface area contributed by atoms with Gasteiger partial charge in [-0.15, -0.1) is 11.3 Å². The van der Waals surface area contributed by atoms with E-state index in [9.17, 15) is 0 Å². The van der Waals surface area contributed by atoms with Gasteiger partial charge in [-0.3, -0.25) is 9.98 Å². The summed E-state index contributed by atoms with van der Waals surface area (Å²) in [5.74, 6) is 0.682. The maximum absolute atomic E-state index is 6.21. The van der Waals surface area contributed by atoms with Gasteiger partial charge in [-0.1, -0.05) is 47.5 Å². The third-order valence-corrected chi connectivity index (χ3v) is 5.79. The summed E-state index contributed by atoms with van der Waals surface area (Å²) in [7, 11) is 0. The van der Waals surface area contributed by atoms with Crippen LogP contribution < -0.4 is 4.74 Å². The molecule has 0 fully saturated rings. The number of para-hydroxylation sites is 1. The maximum atomic E-state index is 6.21. The molecule has 0 radical (unpaired) electrons. The lowest BCUT2D eigenvalue weighted by atomic mass is 10.2. The van der Waals surface area contributed by atoms with Gasteiger partial charge in [0, 0.05) is 43.3 Å². The van der Waals surface area contributed by atoms with Crippen LogP contribution in [0.1, 0.15) is 10.4 Å². The van der Waals surface area contributed by atoms with Crippen molar-refractivity contribution in [2.45, 2.75) is 6.61 Å². The molecule has 6 heteroatoms. The second-order valence-corrected chi connectivity index (χ2v) is 8.19. The summed E-state index contributed by atoms with van der Waals surface area (Å²) in [6, 6.07) is 21.3. The third kappa shape index (κ3) is 5.24. The Hall–Kier alpha value is -2.66. The lowest BCUT2D eigenvalue weighted by Gasteiger charge is -2.08. The van der Waals surface area contributed by atoms with Crippen LogP contribution in [0.2, 0.25) is 10.0 Å². The van der Waals surface area contributed by atoms with Crippen LogP contribution in [0.25, 0.3) is 10.4 Å². The highest BCUT2D eigenvalue weighted by Crippen LogP contribution is 2.30. The van der Waals surface area contributed by atoms with E-state index in [4.69, 9.17) is 27.9 Å². The number of hydrogen-bond donors (Lipinski definition) is 0. The van der Waals surface area contributed by atoms with Gasteiger partial charge in [0.25, 0.3) is 0 Å². The van der Waals surface area contributed by atoms with E-state index in [1.807, 2.05) is 60.9 Å². The zero-order valence-corrected chi connectivity index (χ0v) is 17.6. The van der Waals surface area contributed by atoms with E-state index in [2.05, 4.69) is 16.0 Å². The number of thiophene rings is 1. The van der Waals surface area contributed by atoms with Gasteiger partial charge in [0.1, 0.15) is 12.4 Å². The van der Waals surface area contributed by atoms with Crippen molar-refractivity contribution in [3.63, 3.8) is 0 Å². The topological polar surface area (TPSA) is 34.5 Å². The summed E-state index contributed by atoms with van der Waals surface area (Å²) < 4.78 is 5.88. The predicted octanol–water partition coefficient (Wildman–Crippen LogP) is 7.45. The number of nitrogens with zero attached hydrogens (tertiary/aromatic N) is 2. The number of aliphatic imine (C=N–C) groups is 1. The van der Waals surface area contributed by atoms with Crippen molar-refractivity contribution >= 4 is 46.4 Å². The SMILES string of the molecule is Clc1ccc(COc2cncc(-c3ccc(C=Nc4ccccc4)s3)c2)c(Cl)c1.